The highest BCUT2D eigenvalue weighted by molar-refractivity contribution is 5.80. The molecule has 0 spiro atoms. The third-order valence-electron chi connectivity index (χ3n) is 5.33. The van der Waals surface area contributed by atoms with Crippen LogP contribution in [0.3, 0.4) is 0 Å². The van der Waals surface area contributed by atoms with Crippen LogP contribution in [0.1, 0.15) is 31.2 Å². The maximum Gasteiger partial charge on any atom is 0.225 e. The number of nitrogens with zero attached hydrogens (tertiary/aromatic N) is 2. The number of hydrogen-bond acceptors (Lipinski definition) is 3. The van der Waals surface area contributed by atoms with Gasteiger partial charge in [-0.2, -0.15) is 0 Å². The SMILES string of the molecule is O=C(CCCc1ccccc1)N1CCN(C(=O)C2CCNCC2)CC1. The summed E-state index contributed by atoms with van der Waals surface area (Å²) in [6.45, 7) is 4.62. The largest absolute Gasteiger partial charge is 0.339 e. The standard InChI is InChI=1S/C20H29N3O2/c24-19(8-4-7-17-5-2-1-3-6-17)22-13-15-23(16-14-22)20(25)18-9-11-21-12-10-18/h1-3,5-6,18,21H,4,7-16H2. The van der Waals surface area contributed by atoms with E-state index in [1.807, 2.05) is 28.0 Å². The lowest BCUT2D eigenvalue weighted by Gasteiger charge is -2.37. The third kappa shape index (κ3) is 5.05. The van der Waals surface area contributed by atoms with Crippen LogP contribution in [0.2, 0.25) is 0 Å². The highest BCUT2D eigenvalue weighted by Crippen LogP contribution is 2.17. The van der Waals surface area contributed by atoms with Gasteiger partial charge < -0.3 is 15.1 Å². The summed E-state index contributed by atoms with van der Waals surface area (Å²) in [4.78, 5) is 28.8. The fourth-order valence-electron chi connectivity index (χ4n) is 3.75. The number of rotatable bonds is 5. The highest BCUT2D eigenvalue weighted by Gasteiger charge is 2.29. The first-order valence-electron chi connectivity index (χ1n) is 9.55. The Labute approximate surface area is 150 Å². The second kappa shape index (κ2) is 8.99. The molecule has 2 heterocycles. The van der Waals surface area contributed by atoms with Gasteiger partial charge in [-0.25, -0.2) is 0 Å². The number of carbonyl (C=O) groups is 2. The van der Waals surface area contributed by atoms with Gasteiger partial charge in [0.25, 0.3) is 0 Å². The third-order valence-corrected chi connectivity index (χ3v) is 5.33. The summed E-state index contributed by atoms with van der Waals surface area (Å²) < 4.78 is 0. The topological polar surface area (TPSA) is 52.7 Å². The van der Waals surface area contributed by atoms with Gasteiger partial charge in [0.1, 0.15) is 0 Å². The van der Waals surface area contributed by atoms with E-state index in [1.54, 1.807) is 0 Å². The molecule has 0 unspecified atom stereocenters. The predicted molar refractivity (Wildman–Crippen MR) is 98.1 cm³/mol. The van der Waals surface area contributed by atoms with E-state index in [0.717, 1.165) is 38.8 Å². The Morgan fingerprint density at radius 3 is 2.28 bits per heavy atom. The van der Waals surface area contributed by atoms with Crippen molar-refractivity contribution in [2.24, 2.45) is 5.92 Å². The molecule has 1 aromatic carbocycles. The average Bonchev–Trinajstić information content (AvgIpc) is 2.69. The van der Waals surface area contributed by atoms with Gasteiger partial charge in [0, 0.05) is 38.5 Å². The quantitative estimate of drug-likeness (QED) is 0.885. The molecule has 0 saturated carbocycles. The van der Waals surface area contributed by atoms with Crippen LogP contribution in [0.15, 0.2) is 30.3 Å². The Morgan fingerprint density at radius 1 is 0.960 bits per heavy atom. The number of hydrogen-bond donors (Lipinski definition) is 1. The summed E-state index contributed by atoms with van der Waals surface area (Å²) >= 11 is 0. The minimum Gasteiger partial charge on any atom is -0.339 e. The first-order valence-corrected chi connectivity index (χ1v) is 9.55. The van der Waals surface area contributed by atoms with Crippen LogP contribution in [0.5, 0.6) is 0 Å². The first kappa shape index (κ1) is 17.9. The summed E-state index contributed by atoms with van der Waals surface area (Å²) in [7, 11) is 0. The lowest BCUT2D eigenvalue weighted by molar-refractivity contribution is -0.142. The zero-order valence-corrected chi connectivity index (χ0v) is 15.0. The van der Waals surface area contributed by atoms with Crippen molar-refractivity contribution < 1.29 is 9.59 Å². The number of carbonyl (C=O) groups excluding carboxylic acids is 2. The molecule has 5 heteroatoms. The maximum absolute atomic E-state index is 12.6. The summed E-state index contributed by atoms with van der Waals surface area (Å²) in [5.74, 6) is 0.692. The second-order valence-corrected chi connectivity index (χ2v) is 7.07. The molecule has 0 aromatic heterocycles. The zero-order valence-electron chi connectivity index (χ0n) is 15.0. The van der Waals surface area contributed by atoms with E-state index < -0.39 is 0 Å². The number of piperidine rings is 1. The smallest absolute Gasteiger partial charge is 0.225 e. The number of amides is 2. The first-order chi connectivity index (χ1) is 12.2. The maximum atomic E-state index is 12.6. The number of benzene rings is 1. The van der Waals surface area contributed by atoms with Gasteiger partial charge in [-0.3, -0.25) is 9.59 Å². The Hall–Kier alpha value is -1.88. The molecule has 1 aromatic rings. The predicted octanol–water partition coefficient (Wildman–Crippen LogP) is 1.68. The molecule has 1 N–H and O–H groups in total. The van der Waals surface area contributed by atoms with E-state index in [1.165, 1.54) is 5.56 Å². The Kier molecular flexibility index (Phi) is 6.45. The molecule has 136 valence electrons. The molecule has 0 aliphatic carbocycles. The van der Waals surface area contributed by atoms with Crippen molar-refractivity contribution in [1.29, 1.82) is 0 Å². The van der Waals surface area contributed by atoms with E-state index in [4.69, 9.17) is 0 Å². The number of nitrogens with one attached hydrogen (secondary N) is 1. The van der Waals surface area contributed by atoms with Crippen molar-refractivity contribution in [3.05, 3.63) is 35.9 Å². The Balaban J connectivity index is 1.37. The summed E-state index contributed by atoms with van der Waals surface area (Å²) in [6.07, 6.45) is 4.31. The molecule has 2 amide bonds. The van der Waals surface area contributed by atoms with Gasteiger partial charge in [-0.05, 0) is 44.3 Å². The van der Waals surface area contributed by atoms with E-state index >= 15 is 0 Å². The van der Waals surface area contributed by atoms with E-state index in [9.17, 15) is 9.59 Å². The van der Waals surface area contributed by atoms with Crippen molar-refractivity contribution in [2.75, 3.05) is 39.3 Å². The molecule has 2 aliphatic rings. The van der Waals surface area contributed by atoms with E-state index in [2.05, 4.69) is 17.4 Å². The van der Waals surface area contributed by atoms with Crippen molar-refractivity contribution in [3.63, 3.8) is 0 Å². The van der Waals surface area contributed by atoms with Gasteiger partial charge in [0.05, 0.1) is 0 Å². The molecule has 0 bridgehead atoms. The van der Waals surface area contributed by atoms with Crippen molar-refractivity contribution in [2.45, 2.75) is 32.1 Å². The normalized spacial score (nSPS) is 19.0. The van der Waals surface area contributed by atoms with E-state index in [-0.39, 0.29) is 17.7 Å². The fraction of sp³-hybridized carbons (Fsp3) is 0.600. The van der Waals surface area contributed by atoms with Crippen LogP contribution >= 0.6 is 0 Å². The molecular formula is C20H29N3O2. The van der Waals surface area contributed by atoms with Crippen LogP contribution in [-0.4, -0.2) is 60.9 Å². The van der Waals surface area contributed by atoms with Crippen molar-refractivity contribution in [3.8, 4) is 0 Å². The molecule has 0 atom stereocenters. The van der Waals surface area contributed by atoms with E-state index in [0.29, 0.717) is 32.6 Å². The number of aryl methyl sites for hydroxylation is 1. The highest BCUT2D eigenvalue weighted by atomic mass is 16.2. The molecule has 2 aliphatic heterocycles. The minimum absolute atomic E-state index is 0.175. The van der Waals surface area contributed by atoms with Gasteiger partial charge in [-0.15, -0.1) is 0 Å². The van der Waals surface area contributed by atoms with Gasteiger partial charge in [0.2, 0.25) is 11.8 Å². The lowest BCUT2D eigenvalue weighted by Crippen LogP contribution is -2.52. The van der Waals surface area contributed by atoms with Crippen molar-refractivity contribution in [1.82, 2.24) is 15.1 Å². The van der Waals surface area contributed by atoms with Gasteiger partial charge in [-0.1, -0.05) is 30.3 Å². The number of piperazine rings is 1. The second-order valence-electron chi connectivity index (χ2n) is 7.07. The van der Waals surface area contributed by atoms with Crippen LogP contribution in [-0.2, 0) is 16.0 Å². The van der Waals surface area contributed by atoms with Crippen LogP contribution < -0.4 is 5.32 Å². The molecule has 2 fully saturated rings. The fourth-order valence-corrected chi connectivity index (χ4v) is 3.75. The van der Waals surface area contributed by atoms with Crippen molar-refractivity contribution >= 4 is 11.8 Å². The lowest BCUT2D eigenvalue weighted by atomic mass is 9.96. The van der Waals surface area contributed by atoms with Crippen LogP contribution in [0, 0.1) is 5.92 Å². The van der Waals surface area contributed by atoms with Gasteiger partial charge >= 0.3 is 0 Å². The Morgan fingerprint density at radius 2 is 1.60 bits per heavy atom. The summed E-state index contributed by atoms with van der Waals surface area (Å²) in [5.41, 5.74) is 1.28. The van der Waals surface area contributed by atoms with Gasteiger partial charge in [0.15, 0.2) is 0 Å². The summed E-state index contributed by atoms with van der Waals surface area (Å²) in [5, 5.41) is 3.30. The average molecular weight is 343 g/mol. The molecule has 25 heavy (non-hydrogen) atoms. The molecule has 0 radical (unpaired) electrons. The van der Waals surface area contributed by atoms with Crippen LogP contribution in [0.4, 0.5) is 0 Å². The molecular weight excluding hydrogens is 314 g/mol. The molecule has 2 saturated heterocycles. The molecule has 3 rings (SSSR count). The Bertz CT molecular complexity index is 562. The van der Waals surface area contributed by atoms with Crippen LogP contribution in [0.25, 0.3) is 0 Å². The zero-order chi connectivity index (χ0) is 17.5. The monoisotopic (exact) mass is 343 g/mol. The minimum atomic E-state index is 0.175. The summed E-state index contributed by atoms with van der Waals surface area (Å²) in [6, 6.07) is 10.3. The molecule has 5 nitrogen and oxygen atoms in total.